The molecule has 0 aliphatic carbocycles. The van der Waals surface area contributed by atoms with Gasteiger partial charge in [0.25, 0.3) is 0 Å². The molecule has 1 aliphatic heterocycles. The molecule has 1 heterocycles. The summed E-state index contributed by atoms with van der Waals surface area (Å²) in [5.41, 5.74) is -0.958. The maximum Gasteiger partial charge on any atom is 0.410 e. The quantitative estimate of drug-likeness (QED) is 0.801. The Morgan fingerprint density at radius 1 is 1.32 bits per heavy atom. The van der Waals surface area contributed by atoms with Crippen LogP contribution in [0.15, 0.2) is 22.7 Å². The standard InChI is InChI=1S/C18H23BrFNO4/c1-17(2,3)25-16(24)21-8-6-18(7-9-21,15(22)23)11-12-4-5-13(19)14(20)10-12/h4-5,10H,6-9,11H2,1-3H3,(H,22,23). The molecule has 1 amide bonds. The molecule has 0 saturated carbocycles. The third-order valence-corrected chi connectivity index (χ3v) is 5.00. The van der Waals surface area contributed by atoms with Gasteiger partial charge in [-0.25, -0.2) is 9.18 Å². The summed E-state index contributed by atoms with van der Waals surface area (Å²) in [6.07, 6.45) is 0.411. The van der Waals surface area contributed by atoms with Crippen LogP contribution in [0.2, 0.25) is 0 Å². The number of carbonyl (C=O) groups excluding carboxylic acids is 1. The first-order valence-corrected chi connectivity index (χ1v) is 8.97. The second-order valence-corrected chi connectivity index (χ2v) is 8.33. The van der Waals surface area contributed by atoms with Gasteiger partial charge >= 0.3 is 12.1 Å². The van der Waals surface area contributed by atoms with Crippen molar-refractivity contribution in [3.63, 3.8) is 0 Å². The van der Waals surface area contributed by atoms with Crippen LogP contribution in [0.3, 0.4) is 0 Å². The van der Waals surface area contributed by atoms with Gasteiger partial charge in [-0.15, -0.1) is 0 Å². The van der Waals surface area contributed by atoms with E-state index in [0.29, 0.717) is 36.0 Å². The number of aliphatic carboxylic acids is 1. The largest absolute Gasteiger partial charge is 0.481 e. The topological polar surface area (TPSA) is 66.8 Å². The van der Waals surface area contributed by atoms with Crippen molar-refractivity contribution in [3.8, 4) is 0 Å². The number of likely N-dealkylation sites (tertiary alicyclic amines) is 1. The van der Waals surface area contributed by atoms with Crippen LogP contribution in [-0.2, 0) is 16.0 Å². The van der Waals surface area contributed by atoms with Crippen molar-refractivity contribution in [2.75, 3.05) is 13.1 Å². The number of carbonyl (C=O) groups is 2. The smallest absolute Gasteiger partial charge is 0.410 e. The van der Waals surface area contributed by atoms with E-state index in [1.165, 1.54) is 11.0 Å². The average Bonchev–Trinajstić information content (AvgIpc) is 2.50. The van der Waals surface area contributed by atoms with E-state index in [-0.39, 0.29) is 6.42 Å². The number of carboxylic acids is 1. The summed E-state index contributed by atoms with van der Waals surface area (Å²) in [5, 5.41) is 9.75. The molecular formula is C18H23BrFNO4. The summed E-state index contributed by atoms with van der Waals surface area (Å²) in [5.74, 6) is -1.33. The number of ether oxygens (including phenoxy) is 1. The van der Waals surface area contributed by atoms with Crippen LogP contribution in [0, 0.1) is 11.2 Å². The van der Waals surface area contributed by atoms with Crippen molar-refractivity contribution in [3.05, 3.63) is 34.1 Å². The van der Waals surface area contributed by atoms with Gasteiger partial charge in [0, 0.05) is 13.1 Å². The van der Waals surface area contributed by atoms with Crippen molar-refractivity contribution >= 4 is 28.0 Å². The van der Waals surface area contributed by atoms with Crippen LogP contribution in [0.5, 0.6) is 0 Å². The fraction of sp³-hybridized carbons (Fsp3) is 0.556. The Kier molecular flexibility index (Phi) is 5.76. The number of nitrogens with zero attached hydrogens (tertiary/aromatic N) is 1. The number of amides is 1. The van der Waals surface area contributed by atoms with Crippen molar-refractivity contribution < 1.29 is 23.8 Å². The number of piperidine rings is 1. The predicted octanol–water partition coefficient (Wildman–Crippen LogP) is 4.23. The lowest BCUT2D eigenvalue weighted by molar-refractivity contribution is -0.152. The molecule has 0 bridgehead atoms. The monoisotopic (exact) mass is 415 g/mol. The number of rotatable bonds is 3. The second-order valence-electron chi connectivity index (χ2n) is 7.48. The summed E-state index contributed by atoms with van der Waals surface area (Å²) in [7, 11) is 0. The fourth-order valence-corrected chi connectivity index (χ4v) is 3.20. The Labute approximate surface area is 155 Å². The lowest BCUT2D eigenvalue weighted by Crippen LogP contribution is -2.48. The Hall–Kier alpha value is -1.63. The van der Waals surface area contributed by atoms with Crippen LogP contribution < -0.4 is 0 Å². The molecule has 1 N–H and O–H groups in total. The highest BCUT2D eigenvalue weighted by Gasteiger charge is 2.43. The molecule has 1 aliphatic rings. The third-order valence-electron chi connectivity index (χ3n) is 4.35. The number of hydrogen-bond donors (Lipinski definition) is 1. The van der Waals surface area contributed by atoms with E-state index in [4.69, 9.17) is 4.74 Å². The number of benzene rings is 1. The van der Waals surface area contributed by atoms with Gasteiger partial charge in [0.05, 0.1) is 9.89 Å². The van der Waals surface area contributed by atoms with Crippen LogP contribution >= 0.6 is 15.9 Å². The van der Waals surface area contributed by atoms with Crippen LogP contribution in [0.4, 0.5) is 9.18 Å². The van der Waals surface area contributed by atoms with Crippen LogP contribution in [-0.4, -0.2) is 40.8 Å². The molecule has 1 aromatic carbocycles. The van der Waals surface area contributed by atoms with Gasteiger partial charge in [-0.3, -0.25) is 4.79 Å². The first-order chi connectivity index (χ1) is 11.5. The van der Waals surface area contributed by atoms with Crippen molar-refractivity contribution in [2.24, 2.45) is 5.41 Å². The highest BCUT2D eigenvalue weighted by Crippen LogP contribution is 2.36. The molecule has 25 heavy (non-hydrogen) atoms. The maximum atomic E-state index is 13.7. The van der Waals surface area contributed by atoms with E-state index < -0.39 is 28.9 Å². The molecule has 0 radical (unpaired) electrons. The molecule has 1 fully saturated rings. The number of hydrogen-bond acceptors (Lipinski definition) is 3. The van der Waals surface area contributed by atoms with E-state index in [0.717, 1.165) is 0 Å². The van der Waals surface area contributed by atoms with Crippen LogP contribution in [0.1, 0.15) is 39.2 Å². The average molecular weight is 416 g/mol. The zero-order chi connectivity index (χ0) is 18.8. The Bertz CT molecular complexity index is 664. The normalized spacial score (nSPS) is 17.2. The first-order valence-electron chi connectivity index (χ1n) is 8.18. The molecule has 0 aromatic heterocycles. The minimum atomic E-state index is -1.00. The van der Waals surface area contributed by atoms with E-state index in [2.05, 4.69) is 15.9 Å². The van der Waals surface area contributed by atoms with Crippen LogP contribution in [0.25, 0.3) is 0 Å². The number of carboxylic acid groups (broad SMARTS) is 1. The van der Waals surface area contributed by atoms with E-state index in [9.17, 15) is 19.1 Å². The molecule has 0 unspecified atom stereocenters. The third kappa shape index (κ3) is 4.93. The summed E-state index contributed by atoms with van der Waals surface area (Å²) in [6, 6.07) is 4.66. The van der Waals surface area contributed by atoms with E-state index in [1.807, 2.05) is 0 Å². The zero-order valence-corrected chi connectivity index (χ0v) is 16.2. The minimum Gasteiger partial charge on any atom is -0.481 e. The Morgan fingerprint density at radius 2 is 1.92 bits per heavy atom. The zero-order valence-electron chi connectivity index (χ0n) is 14.6. The van der Waals surface area contributed by atoms with Crippen molar-refractivity contribution in [2.45, 2.75) is 45.6 Å². The maximum absolute atomic E-state index is 13.7. The molecule has 5 nitrogen and oxygen atoms in total. The first kappa shape index (κ1) is 19.7. The molecule has 138 valence electrons. The highest BCUT2D eigenvalue weighted by atomic mass is 79.9. The van der Waals surface area contributed by atoms with Gasteiger partial charge in [-0.2, -0.15) is 0 Å². The predicted molar refractivity (Wildman–Crippen MR) is 94.9 cm³/mol. The summed E-state index contributed by atoms with van der Waals surface area (Å²) in [4.78, 5) is 25.6. The van der Waals surface area contributed by atoms with Gasteiger partial charge in [-0.05, 0) is 73.7 Å². The molecular weight excluding hydrogens is 393 g/mol. The van der Waals surface area contributed by atoms with Gasteiger partial charge in [0.1, 0.15) is 11.4 Å². The second kappa shape index (κ2) is 7.32. The van der Waals surface area contributed by atoms with E-state index in [1.54, 1.807) is 32.9 Å². The van der Waals surface area contributed by atoms with E-state index >= 15 is 0 Å². The molecule has 1 aromatic rings. The number of halogens is 2. The molecule has 0 atom stereocenters. The van der Waals surface area contributed by atoms with Crippen molar-refractivity contribution in [1.82, 2.24) is 4.90 Å². The van der Waals surface area contributed by atoms with Crippen molar-refractivity contribution in [1.29, 1.82) is 0 Å². The molecule has 1 saturated heterocycles. The summed E-state index contributed by atoms with van der Waals surface area (Å²) >= 11 is 3.10. The fourth-order valence-electron chi connectivity index (χ4n) is 2.95. The van der Waals surface area contributed by atoms with Gasteiger partial charge in [0.2, 0.25) is 0 Å². The summed E-state index contributed by atoms with van der Waals surface area (Å²) in [6.45, 7) is 5.98. The minimum absolute atomic E-state index is 0.231. The van der Waals surface area contributed by atoms with Gasteiger partial charge < -0.3 is 14.7 Å². The molecule has 7 heteroatoms. The SMILES string of the molecule is CC(C)(C)OC(=O)N1CCC(Cc2ccc(Br)c(F)c2)(C(=O)O)CC1. The lowest BCUT2D eigenvalue weighted by Gasteiger charge is -2.39. The van der Waals surface area contributed by atoms with Gasteiger partial charge in [0.15, 0.2) is 0 Å². The molecule has 2 rings (SSSR count). The summed E-state index contributed by atoms with van der Waals surface area (Å²) < 4.78 is 19.4. The lowest BCUT2D eigenvalue weighted by atomic mass is 9.74. The molecule has 0 spiro atoms. The Morgan fingerprint density at radius 3 is 2.40 bits per heavy atom. The van der Waals surface area contributed by atoms with Gasteiger partial charge in [-0.1, -0.05) is 6.07 Å². The highest BCUT2D eigenvalue weighted by molar-refractivity contribution is 9.10. The Balaban J connectivity index is 2.09.